The Morgan fingerprint density at radius 3 is 1.64 bits per heavy atom. The summed E-state index contributed by atoms with van der Waals surface area (Å²) in [6.45, 7) is 9.05. The van der Waals surface area contributed by atoms with Gasteiger partial charge >= 0.3 is 11.9 Å². The molecule has 0 fully saturated rings. The lowest BCUT2D eigenvalue weighted by atomic mass is 9.77. The molecule has 0 radical (unpaired) electrons. The van der Waals surface area contributed by atoms with Gasteiger partial charge < -0.3 is 14.4 Å². The van der Waals surface area contributed by atoms with Crippen molar-refractivity contribution in [2.75, 3.05) is 13.2 Å². The summed E-state index contributed by atoms with van der Waals surface area (Å²) in [7, 11) is 0. The van der Waals surface area contributed by atoms with E-state index in [1.165, 1.54) is 0 Å². The summed E-state index contributed by atoms with van der Waals surface area (Å²) in [4.78, 5) is 37.8. The molecule has 2 aromatic heterocycles. The number of aryl methyl sites for hydroxylation is 2. The van der Waals surface area contributed by atoms with Crippen LogP contribution in [0.2, 0.25) is 0 Å². The molecule has 0 atom stereocenters. The zero-order valence-electron chi connectivity index (χ0n) is 25.1. The third-order valence-electron chi connectivity index (χ3n) is 7.63. The number of allylic oxidation sites excluding steroid dienone is 2. The van der Waals surface area contributed by atoms with Crippen molar-refractivity contribution in [2.45, 2.75) is 59.9 Å². The number of nitrogens with zero attached hydrogens (tertiary/aromatic N) is 3. The van der Waals surface area contributed by atoms with Gasteiger partial charge in [-0.05, 0) is 74.3 Å². The van der Waals surface area contributed by atoms with E-state index in [0.717, 1.165) is 40.9 Å². The highest BCUT2D eigenvalue weighted by atomic mass is 16.5. The van der Waals surface area contributed by atoms with Crippen LogP contribution in [0.5, 0.6) is 0 Å². The first kappa shape index (κ1) is 30.7. The van der Waals surface area contributed by atoms with E-state index < -0.39 is 5.92 Å². The summed E-state index contributed by atoms with van der Waals surface area (Å²) in [5.41, 5.74) is 5.93. The molecule has 1 aromatic carbocycles. The Labute approximate surface area is 249 Å². The molecule has 3 aromatic rings. The summed E-state index contributed by atoms with van der Waals surface area (Å²) in [6, 6.07) is 17.9. The molecule has 0 amide bonds. The first-order valence-electron chi connectivity index (χ1n) is 14.7. The minimum Gasteiger partial charge on any atom is -0.462 e. The first-order chi connectivity index (χ1) is 20.4. The normalized spacial score (nSPS) is 14.0. The predicted molar refractivity (Wildman–Crippen MR) is 163 cm³/mol. The van der Waals surface area contributed by atoms with Gasteiger partial charge in [0, 0.05) is 48.6 Å². The maximum absolute atomic E-state index is 13.7. The van der Waals surface area contributed by atoms with Crippen LogP contribution in [0.25, 0.3) is 0 Å². The summed E-state index contributed by atoms with van der Waals surface area (Å²) < 4.78 is 11.7. The lowest BCUT2D eigenvalue weighted by Gasteiger charge is -2.39. The minimum absolute atomic E-state index is 0.0235. The van der Waals surface area contributed by atoms with Gasteiger partial charge in [0.05, 0.1) is 24.4 Å². The molecule has 0 spiro atoms. The second-order valence-corrected chi connectivity index (χ2v) is 11.0. The number of rotatable bonds is 13. The second kappa shape index (κ2) is 15.1. The van der Waals surface area contributed by atoms with Gasteiger partial charge in [0.15, 0.2) is 0 Å². The van der Waals surface area contributed by atoms with Crippen molar-refractivity contribution in [3.8, 4) is 0 Å². The van der Waals surface area contributed by atoms with E-state index in [1.807, 2.05) is 99.6 Å². The number of carbonyl (C=O) groups excluding carboxylic acids is 2. The largest absolute Gasteiger partial charge is 0.462 e. The van der Waals surface area contributed by atoms with Crippen LogP contribution in [0.15, 0.2) is 102 Å². The van der Waals surface area contributed by atoms with Crippen molar-refractivity contribution in [3.63, 3.8) is 0 Å². The van der Waals surface area contributed by atoms with Gasteiger partial charge in [-0.15, -0.1) is 0 Å². The second-order valence-electron chi connectivity index (χ2n) is 11.0. The van der Waals surface area contributed by atoms with Crippen LogP contribution in [0.3, 0.4) is 0 Å². The quantitative estimate of drug-likeness (QED) is 0.173. The molecule has 0 saturated heterocycles. The van der Waals surface area contributed by atoms with E-state index in [2.05, 4.69) is 9.97 Å². The lowest BCUT2D eigenvalue weighted by molar-refractivity contribution is -0.141. The number of carbonyl (C=O) groups is 2. The Bertz CT molecular complexity index is 1300. The molecule has 0 unspecified atom stereocenters. The Balaban J connectivity index is 1.54. The Morgan fingerprint density at radius 2 is 1.21 bits per heavy atom. The molecule has 7 nitrogen and oxygen atoms in total. The molecular weight excluding hydrogens is 526 g/mol. The third-order valence-corrected chi connectivity index (χ3v) is 7.63. The van der Waals surface area contributed by atoms with Crippen LogP contribution in [0.4, 0.5) is 0 Å². The maximum atomic E-state index is 13.7. The van der Waals surface area contributed by atoms with Crippen molar-refractivity contribution < 1.29 is 19.1 Å². The fourth-order valence-corrected chi connectivity index (χ4v) is 5.49. The molecule has 0 bridgehead atoms. The molecule has 7 heteroatoms. The number of aromatic nitrogens is 2. The lowest BCUT2D eigenvalue weighted by Crippen LogP contribution is -2.38. The van der Waals surface area contributed by atoms with Crippen molar-refractivity contribution in [1.29, 1.82) is 0 Å². The Morgan fingerprint density at radius 1 is 0.738 bits per heavy atom. The fourth-order valence-electron chi connectivity index (χ4n) is 5.49. The van der Waals surface area contributed by atoms with E-state index in [1.54, 1.807) is 12.4 Å². The zero-order valence-corrected chi connectivity index (χ0v) is 25.1. The molecular formula is C35H41N3O4. The zero-order chi connectivity index (χ0) is 29.9. The number of ether oxygens (including phenoxy) is 2. The third kappa shape index (κ3) is 7.93. The summed E-state index contributed by atoms with van der Waals surface area (Å²) in [5.74, 6) is -1.23. The number of benzene rings is 1. The van der Waals surface area contributed by atoms with Crippen molar-refractivity contribution in [1.82, 2.24) is 14.9 Å². The smallest absolute Gasteiger partial charge is 0.336 e. The van der Waals surface area contributed by atoms with Crippen molar-refractivity contribution in [2.24, 2.45) is 11.8 Å². The first-order valence-corrected chi connectivity index (χ1v) is 14.7. The van der Waals surface area contributed by atoms with Crippen molar-refractivity contribution >= 4 is 11.9 Å². The highest BCUT2D eigenvalue weighted by molar-refractivity contribution is 5.98. The van der Waals surface area contributed by atoms with Crippen LogP contribution in [-0.2, 0) is 38.4 Å². The highest BCUT2D eigenvalue weighted by Gasteiger charge is 2.41. The van der Waals surface area contributed by atoms with Gasteiger partial charge in [-0.25, -0.2) is 9.59 Å². The molecule has 4 rings (SSSR count). The van der Waals surface area contributed by atoms with Gasteiger partial charge in [-0.2, -0.15) is 0 Å². The minimum atomic E-state index is -0.436. The molecule has 0 saturated carbocycles. The monoisotopic (exact) mass is 567 g/mol. The highest BCUT2D eigenvalue weighted by Crippen LogP contribution is 2.41. The Kier molecular flexibility index (Phi) is 11.0. The topological polar surface area (TPSA) is 81.6 Å². The van der Waals surface area contributed by atoms with Gasteiger partial charge in [-0.3, -0.25) is 9.97 Å². The van der Waals surface area contributed by atoms with E-state index in [9.17, 15) is 9.59 Å². The fraction of sp³-hybridized carbons (Fsp3) is 0.371. The maximum Gasteiger partial charge on any atom is 0.336 e. The average molecular weight is 568 g/mol. The molecule has 42 heavy (non-hydrogen) atoms. The SMILES string of the molecule is CC1=C(C(=O)OCCCc2cccnc2)C(C(C)C)C(C(=O)OCCCc2cccnc2)=C(C)N1Cc1ccccc1. The number of esters is 2. The summed E-state index contributed by atoms with van der Waals surface area (Å²) in [6.07, 6.45) is 10.0. The molecule has 1 aliphatic heterocycles. The number of pyridine rings is 2. The molecule has 0 aliphatic carbocycles. The van der Waals surface area contributed by atoms with Crippen LogP contribution in [-0.4, -0.2) is 40.0 Å². The van der Waals surface area contributed by atoms with Crippen molar-refractivity contribution in [3.05, 3.63) is 119 Å². The van der Waals surface area contributed by atoms with E-state index >= 15 is 0 Å². The van der Waals surface area contributed by atoms with Gasteiger partial charge in [0.2, 0.25) is 0 Å². The van der Waals surface area contributed by atoms with E-state index in [-0.39, 0.29) is 31.1 Å². The van der Waals surface area contributed by atoms with Gasteiger partial charge in [0.25, 0.3) is 0 Å². The van der Waals surface area contributed by atoms with Gasteiger partial charge in [-0.1, -0.05) is 56.3 Å². The number of hydrogen-bond donors (Lipinski definition) is 0. The van der Waals surface area contributed by atoms with Crippen LogP contribution in [0.1, 0.15) is 57.2 Å². The van der Waals surface area contributed by atoms with Crippen LogP contribution < -0.4 is 0 Å². The van der Waals surface area contributed by atoms with Crippen LogP contribution >= 0.6 is 0 Å². The Hall–Kier alpha value is -4.26. The van der Waals surface area contributed by atoms with Gasteiger partial charge in [0.1, 0.15) is 0 Å². The predicted octanol–water partition coefficient (Wildman–Crippen LogP) is 6.46. The molecule has 3 heterocycles. The molecule has 1 aliphatic rings. The molecule has 220 valence electrons. The average Bonchev–Trinajstić information content (AvgIpc) is 3.00. The standard InChI is InChI=1S/C35H41N3O4/c1-25(2)31-32(34(39)41-20-10-16-28-14-8-18-36-22-28)26(3)38(24-30-12-6-5-7-13-30)27(4)33(31)35(40)42-21-11-17-29-15-9-19-37-23-29/h5-9,12-15,18-19,22-23,25,31H,10-11,16-17,20-21,24H2,1-4H3. The number of hydrogen-bond acceptors (Lipinski definition) is 7. The van der Waals surface area contributed by atoms with E-state index in [4.69, 9.17) is 9.47 Å². The molecule has 0 N–H and O–H groups in total. The summed E-state index contributed by atoms with van der Waals surface area (Å²) in [5, 5.41) is 0. The van der Waals surface area contributed by atoms with E-state index in [0.29, 0.717) is 30.5 Å². The summed E-state index contributed by atoms with van der Waals surface area (Å²) >= 11 is 0. The van der Waals surface area contributed by atoms with Crippen LogP contribution in [0, 0.1) is 11.8 Å².